The first kappa shape index (κ1) is 22.7. The van der Waals surface area contributed by atoms with E-state index in [2.05, 4.69) is 5.32 Å². The maximum atomic E-state index is 13.5. The Morgan fingerprint density at radius 3 is 2.40 bits per heavy atom. The first-order valence-corrected chi connectivity index (χ1v) is 11.6. The minimum Gasteiger partial charge on any atom is -0.506 e. The Hall–Kier alpha value is -4.09. The molecule has 1 heterocycles. The highest BCUT2D eigenvalue weighted by molar-refractivity contribution is 6.30. The molecule has 2 N–H and O–H groups in total. The fraction of sp³-hybridized carbons (Fsp3) is 0.103. The number of hydrogen-bond acceptors (Lipinski definition) is 4. The third-order valence-corrected chi connectivity index (χ3v) is 6.56. The van der Waals surface area contributed by atoms with Crippen molar-refractivity contribution in [3.05, 3.63) is 117 Å². The van der Waals surface area contributed by atoms with Crippen LogP contribution in [0.1, 0.15) is 28.4 Å². The van der Waals surface area contributed by atoms with Crippen molar-refractivity contribution >= 4 is 44.7 Å². The van der Waals surface area contributed by atoms with Crippen LogP contribution in [0.25, 0.3) is 21.7 Å². The summed E-state index contributed by atoms with van der Waals surface area (Å²) in [7, 11) is 1.60. The molecule has 35 heavy (non-hydrogen) atoms. The molecular formula is C29H23ClN2O3. The van der Waals surface area contributed by atoms with Gasteiger partial charge in [-0.05, 0) is 52.7 Å². The van der Waals surface area contributed by atoms with E-state index in [0.717, 1.165) is 22.0 Å². The van der Waals surface area contributed by atoms with Crippen LogP contribution >= 0.6 is 11.6 Å². The predicted molar refractivity (Wildman–Crippen MR) is 142 cm³/mol. The van der Waals surface area contributed by atoms with Crippen molar-refractivity contribution in [2.45, 2.75) is 12.5 Å². The van der Waals surface area contributed by atoms with E-state index in [4.69, 9.17) is 11.6 Å². The zero-order valence-electron chi connectivity index (χ0n) is 19.0. The number of anilines is 1. The number of halogens is 1. The van der Waals surface area contributed by atoms with Gasteiger partial charge in [-0.3, -0.25) is 9.59 Å². The number of Topliss-reactive ketones (excluding diaryl/α,β-unsaturated/α-hetero) is 1. The molecule has 5 rings (SSSR count). The predicted octanol–water partition coefficient (Wildman–Crippen LogP) is 6.48. The molecule has 0 aliphatic carbocycles. The maximum absolute atomic E-state index is 13.5. The van der Waals surface area contributed by atoms with Gasteiger partial charge in [0.05, 0.1) is 11.6 Å². The molecule has 0 aliphatic rings. The molecule has 4 aromatic carbocycles. The third-order valence-electron chi connectivity index (χ3n) is 6.31. The number of para-hydroxylation sites is 1. The molecule has 1 unspecified atom stereocenters. The van der Waals surface area contributed by atoms with Crippen molar-refractivity contribution in [3.8, 4) is 5.75 Å². The molecule has 0 bridgehead atoms. The second-order valence-corrected chi connectivity index (χ2v) is 8.98. The van der Waals surface area contributed by atoms with Crippen molar-refractivity contribution in [1.82, 2.24) is 4.57 Å². The number of carbonyl (C=O) groups is 1. The number of ketones is 1. The lowest BCUT2D eigenvalue weighted by molar-refractivity contribution is 0.0972. The summed E-state index contributed by atoms with van der Waals surface area (Å²) in [6, 6.07) is 27.8. The second-order valence-electron chi connectivity index (χ2n) is 8.54. The van der Waals surface area contributed by atoms with Gasteiger partial charge in [-0.15, -0.1) is 0 Å². The van der Waals surface area contributed by atoms with Crippen LogP contribution in [-0.4, -0.2) is 15.5 Å². The summed E-state index contributed by atoms with van der Waals surface area (Å²) in [5.41, 5.74) is 1.52. The highest BCUT2D eigenvalue weighted by atomic mass is 35.5. The number of aromatic nitrogens is 1. The topological polar surface area (TPSA) is 71.3 Å². The number of nitrogens with zero attached hydrogens (tertiary/aromatic N) is 1. The van der Waals surface area contributed by atoms with Crippen molar-refractivity contribution in [2.24, 2.45) is 7.05 Å². The number of carbonyl (C=O) groups excluding carboxylic acids is 1. The first-order valence-electron chi connectivity index (χ1n) is 11.3. The van der Waals surface area contributed by atoms with E-state index in [1.54, 1.807) is 43.4 Å². The number of benzene rings is 4. The Kier molecular flexibility index (Phi) is 6.01. The van der Waals surface area contributed by atoms with E-state index in [9.17, 15) is 14.7 Å². The van der Waals surface area contributed by atoms with E-state index >= 15 is 0 Å². The van der Waals surface area contributed by atoms with Crippen LogP contribution in [0.15, 0.2) is 95.8 Å². The van der Waals surface area contributed by atoms with Crippen molar-refractivity contribution < 1.29 is 9.90 Å². The molecule has 0 saturated heterocycles. The highest BCUT2D eigenvalue weighted by Crippen LogP contribution is 2.31. The van der Waals surface area contributed by atoms with Gasteiger partial charge >= 0.3 is 0 Å². The molecule has 5 nitrogen and oxygen atoms in total. The number of rotatable bonds is 6. The number of pyridine rings is 1. The van der Waals surface area contributed by atoms with Crippen LogP contribution in [-0.2, 0) is 7.05 Å². The summed E-state index contributed by atoms with van der Waals surface area (Å²) in [5, 5.41) is 17.6. The highest BCUT2D eigenvalue weighted by Gasteiger charge is 2.25. The molecule has 0 saturated carbocycles. The van der Waals surface area contributed by atoms with Crippen molar-refractivity contribution in [3.63, 3.8) is 0 Å². The van der Waals surface area contributed by atoms with E-state index < -0.39 is 17.4 Å². The van der Waals surface area contributed by atoms with Crippen LogP contribution in [0.2, 0.25) is 5.02 Å². The second kappa shape index (κ2) is 9.28. The summed E-state index contributed by atoms with van der Waals surface area (Å²) >= 11 is 6.09. The zero-order valence-corrected chi connectivity index (χ0v) is 19.8. The van der Waals surface area contributed by atoms with Gasteiger partial charge in [0.1, 0.15) is 11.3 Å². The number of nitrogens with one attached hydrogen (secondary N) is 1. The fourth-order valence-electron chi connectivity index (χ4n) is 4.45. The van der Waals surface area contributed by atoms with Gasteiger partial charge in [0, 0.05) is 29.6 Å². The van der Waals surface area contributed by atoms with Gasteiger partial charge in [-0.25, -0.2) is 0 Å². The number of fused-ring (bicyclic) bond motifs is 2. The van der Waals surface area contributed by atoms with E-state index in [1.807, 2.05) is 54.6 Å². The summed E-state index contributed by atoms with van der Waals surface area (Å²) in [6.07, 6.45) is -0.0321. The lowest BCUT2D eigenvalue weighted by Crippen LogP contribution is -2.26. The zero-order chi connectivity index (χ0) is 24.5. The normalized spacial score (nSPS) is 12.1. The number of aromatic hydroxyl groups is 1. The lowest BCUT2D eigenvalue weighted by Gasteiger charge is -2.21. The Balaban J connectivity index is 1.54. The molecule has 5 aromatic rings. The summed E-state index contributed by atoms with van der Waals surface area (Å²) in [5.74, 6) is -0.726. The van der Waals surface area contributed by atoms with Gasteiger partial charge in [-0.2, -0.15) is 0 Å². The monoisotopic (exact) mass is 482 g/mol. The van der Waals surface area contributed by atoms with Crippen molar-refractivity contribution in [2.75, 3.05) is 5.32 Å². The van der Waals surface area contributed by atoms with Gasteiger partial charge in [0.25, 0.3) is 5.56 Å². The number of hydrogen-bond donors (Lipinski definition) is 2. The molecule has 0 amide bonds. The van der Waals surface area contributed by atoms with E-state index in [-0.39, 0.29) is 17.7 Å². The molecular weight excluding hydrogens is 460 g/mol. The van der Waals surface area contributed by atoms with E-state index in [0.29, 0.717) is 15.9 Å². The SMILES string of the molecule is Cn1c(=O)c(C(=O)CC(Nc2ccc3ccccc3c2)c2ccc(Cl)cc2)c(O)c2ccccc21. The molecule has 0 fully saturated rings. The summed E-state index contributed by atoms with van der Waals surface area (Å²) in [4.78, 5) is 26.6. The summed E-state index contributed by atoms with van der Waals surface area (Å²) < 4.78 is 1.40. The van der Waals surface area contributed by atoms with Gasteiger partial charge in [0.2, 0.25) is 0 Å². The fourth-order valence-corrected chi connectivity index (χ4v) is 4.57. The minimum absolute atomic E-state index is 0.0321. The average molecular weight is 483 g/mol. The minimum atomic E-state index is -0.522. The van der Waals surface area contributed by atoms with E-state index in [1.165, 1.54) is 4.57 Å². The van der Waals surface area contributed by atoms with Crippen LogP contribution in [0.3, 0.4) is 0 Å². The molecule has 1 atom stereocenters. The molecule has 1 aromatic heterocycles. The molecule has 0 aliphatic heterocycles. The third kappa shape index (κ3) is 4.38. The quantitative estimate of drug-likeness (QED) is 0.272. The molecule has 0 radical (unpaired) electrons. The average Bonchev–Trinajstić information content (AvgIpc) is 2.87. The Morgan fingerprint density at radius 1 is 0.943 bits per heavy atom. The van der Waals surface area contributed by atoms with Crippen LogP contribution in [0, 0.1) is 0 Å². The number of aryl methyl sites for hydroxylation is 1. The Morgan fingerprint density at radius 2 is 1.63 bits per heavy atom. The first-order chi connectivity index (χ1) is 16.9. The summed E-state index contributed by atoms with van der Waals surface area (Å²) in [6.45, 7) is 0. The van der Waals surface area contributed by atoms with Crippen LogP contribution in [0.4, 0.5) is 5.69 Å². The Bertz CT molecular complexity index is 1620. The lowest BCUT2D eigenvalue weighted by atomic mass is 9.96. The van der Waals surface area contributed by atoms with Crippen molar-refractivity contribution in [1.29, 1.82) is 0 Å². The smallest absolute Gasteiger partial charge is 0.265 e. The molecule has 6 heteroatoms. The van der Waals surface area contributed by atoms with Gasteiger partial charge in [-0.1, -0.05) is 66.2 Å². The Labute approximate surface area is 207 Å². The largest absolute Gasteiger partial charge is 0.506 e. The van der Waals surface area contributed by atoms with Gasteiger partial charge < -0.3 is 15.0 Å². The molecule has 174 valence electrons. The standard InChI is InChI=1S/C29H23ClN2O3/c1-32-25-9-5-4-8-23(25)28(34)27(29(32)35)26(33)17-24(19-10-13-21(30)14-11-19)31-22-15-12-18-6-2-3-7-20(18)16-22/h2-16,24,31,34H,17H2,1H3. The van der Waals surface area contributed by atoms with Crippen LogP contribution < -0.4 is 10.9 Å². The van der Waals surface area contributed by atoms with Gasteiger partial charge in [0.15, 0.2) is 5.78 Å². The van der Waals surface area contributed by atoms with Crippen LogP contribution in [0.5, 0.6) is 5.75 Å². The maximum Gasteiger partial charge on any atom is 0.265 e. The molecule has 0 spiro atoms.